The van der Waals surface area contributed by atoms with Crippen molar-refractivity contribution < 1.29 is 28.6 Å². The molecule has 4 rings (SSSR count). The van der Waals surface area contributed by atoms with Crippen LogP contribution in [0.3, 0.4) is 0 Å². The third-order valence-electron chi connectivity index (χ3n) is 7.63. The number of nitrogens with zero attached hydrogens (tertiary/aromatic N) is 3. The molecule has 1 saturated heterocycles. The lowest BCUT2D eigenvalue weighted by Gasteiger charge is -2.33. The average molecular weight is 543 g/mol. The van der Waals surface area contributed by atoms with Crippen molar-refractivity contribution in [3.05, 3.63) is 47.4 Å². The first-order valence-electron chi connectivity index (χ1n) is 13.6. The third kappa shape index (κ3) is 7.45. The number of fused-ring (bicyclic) bond motifs is 1. The van der Waals surface area contributed by atoms with E-state index in [-0.39, 0.29) is 24.3 Å². The Balaban J connectivity index is 1.57. The second-order valence-electron chi connectivity index (χ2n) is 10.9. The lowest BCUT2D eigenvalue weighted by Crippen LogP contribution is -2.48. The van der Waals surface area contributed by atoms with E-state index in [1.807, 2.05) is 40.0 Å². The normalized spacial score (nSPS) is 28.9. The van der Waals surface area contributed by atoms with Gasteiger partial charge in [0.25, 0.3) is 0 Å². The van der Waals surface area contributed by atoms with Gasteiger partial charge in [0.1, 0.15) is 18.0 Å². The second kappa shape index (κ2) is 12.7. The van der Waals surface area contributed by atoms with Gasteiger partial charge in [-0.15, -0.1) is 0 Å². The molecule has 0 spiro atoms. The third-order valence-corrected chi connectivity index (χ3v) is 7.63. The Kier molecular flexibility index (Phi) is 9.40. The van der Waals surface area contributed by atoms with E-state index >= 15 is 0 Å². The number of aromatic amines is 1. The molecule has 1 aromatic heterocycles. The molecular formula is C29H39FN4O5. The highest BCUT2D eigenvalue weighted by molar-refractivity contribution is 5.81. The molecule has 2 N–H and O–H groups in total. The smallest absolute Gasteiger partial charge is 0.410 e. The van der Waals surface area contributed by atoms with Crippen LogP contribution in [0.2, 0.25) is 0 Å². The van der Waals surface area contributed by atoms with Crippen molar-refractivity contribution in [1.29, 1.82) is 0 Å². The van der Waals surface area contributed by atoms with E-state index in [9.17, 15) is 19.1 Å². The monoisotopic (exact) mass is 542 g/mol. The summed E-state index contributed by atoms with van der Waals surface area (Å²) in [5.41, 5.74) is 1.89. The Hall–Kier alpha value is -3.24. The van der Waals surface area contributed by atoms with Gasteiger partial charge in [0.2, 0.25) is 0 Å². The number of aliphatic hydroxyl groups excluding tert-OH is 1. The van der Waals surface area contributed by atoms with E-state index in [0.717, 1.165) is 13.1 Å². The zero-order valence-electron chi connectivity index (χ0n) is 23.1. The number of carbonyl (C=O) groups excluding carboxylic acids is 2. The SMILES string of the molecule is C/C(=C\c1cc(F)c2cn[nH]c2c1)[C@H]1OC(=O)C[C@H](O)CC[C@H](C)[C@@H](OC(=O)N2CCN(C)CC2)/C=C/[C@@H]1C. The van der Waals surface area contributed by atoms with Crippen LogP contribution in [0.1, 0.15) is 45.6 Å². The number of aromatic nitrogens is 2. The zero-order valence-corrected chi connectivity index (χ0v) is 23.1. The second-order valence-corrected chi connectivity index (χ2v) is 10.9. The van der Waals surface area contributed by atoms with Crippen molar-refractivity contribution >= 4 is 29.0 Å². The Morgan fingerprint density at radius 2 is 1.95 bits per heavy atom. The van der Waals surface area contributed by atoms with E-state index in [4.69, 9.17) is 9.47 Å². The van der Waals surface area contributed by atoms with Gasteiger partial charge in [0, 0.05) is 32.1 Å². The number of benzene rings is 1. The molecule has 0 aliphatic carbocycles. The van der Waals surface area contributed by atoms with E-state index in [0.29, 0.717) is 48.0 Å². The number of rotatable bonds is 3. The minimum Gasteiger partial charge on any atom is -0.457 e. The fourth-order valence-corrected chi connectivity index (χ4v) is 5.09. The number of hydrogen-bond donors (Lipinski definition) is 2. The van der Waals surface area contributed by atoms with Crippen molar-refractivity contribution in [3.63, 3.8) is 0 Å². The van der Waals surface area contributed by atoms with Crippen LogP contribution in [0.4, 0.5) is 9.18 Å². The molecule has 0 unspecified atom stereocenters. The number of aliphatic hydroxyl groups is 1. The zero-order chi connectivity index (χ0) is 28.1. The first-order chi connectivity index (χ1) is 18.6. The fourth-order valence-electron chi connectivity index (χ4n) is 5.09. The summed E-state index contributed by atoms with van der Waals surface area (Å²) in [4.78, 5) is 29.6. The van der Waals surface area contributed by atoms with Crippen molar-refractivity contribution in [2.24, 2.45) is 11.8 Å². The molecule has 0 radical (unpaired) electrons. The summed E-state index contributed by atoms with van der Waals surface area (Å²) < 4.78 is 26.3. The summed E-state index contributed by atoms with van der Waals surface area (Å²) in [7, 11) is 2.03. The number of esters is 1. The summed E-state index contributed by atoms with van der Waals surface area (Å²) >= 11 is 0. The predicted molar refractivity (Wildman–Crippen MR) is 146 cm³/mol. The number of H-pyrrole nitrogens is 1. The molecule has 1 aromatic carbocycles. The Morgan fingerprint density at radius 3 is 2.69 bits per heavy atom. The number of ether oxygens (including phenoxy) is 2. The van der Waals surface area contributed by atoms with Gasteiger partial charge in [-0.25, -0.2) is 9.18 Å². The van der Waals surface area contributed by atoms with Crippen LogP contribution in [0.25, 0.3) is 17.0 Å². The number of nitrogens with one attached hydrogen (secondary N) is 1. The Labute approximate surface area is 228 Å². The van der Waals surface area contributed by atoms with Crippen LogP contribution in [0.5, 0.6) is 0 Å². The van der Waals surface area contributed by atoms with Gasteiger partial charge >= 0.3 is 12.1 Å². The average Bonchev–Trinajstić information content (AvgIpc) is 3.37. The molecule has 10 heteroatoms. The summed E-state index contributed by atoms with van der Waals surface area (Å²) in [6.45, 7) is 8.54. The molecule has 5 atom stereocenters. The van der Waals surface area contributed by atoms with Crippen LogP contribution in [-0.4, -0.2) is 88.7 Å². The molecule has 39 heavy (non-hydrogen) atoms. The Bertz CT molecular complexity index is 1220. The van der Waals surface area contributed by atoms with Gasteiger partial charge in [-0.2, -0.15) is 5.10 Å². The van der Waals surface area contributed by atoms with E-state index in [2.05, 4.69) is 15.1 Å². The number of carbonyl (C=O) groups is 2. The molecule has 1 fully saturated rings. The molecule has 212 valence electrons. The summed E-state index contributed by atoms with van der Waals surface area (Å²) in [5, 5.41) is 17.6. The highest BCUT2D eigenvalue weighted by Gasteiger charge is 2.29. The maximum atomic E-state index is 14.5. The van der Waals surface area contributed by atoms with Gasteiger partial charge in [-0.3, -0.25) is 9.89 Å². The maximum Gasteiger partial charge on any atom is 0.410 e. The van der Waals surface area contributed by atoms with Crippen LogP contribution in [-0.2, 0) is 14.3 Å². The largest absolute Gasteiger partial charge is 0.457 e. The molecule has 2 aliphatic rings. The molecule has 0 saturated carbocycles. The van der Waals surface area contributed by atoms with E-state index in [1.54, 1.807) is 17.0 Å². The molecule has 9 nitrogen and oxygen atoms in total. The molecule has 2 aromatic rings. The minimum atomic E-state index is -0.866. The Morgan fingerprint density at radius 1 is 1.21 bits per heavy atom. The van der Waals surface area contributed by atoms with E-state index < -0.39 is 30.1 Å². The van der Waals surface area contributed by atoms with E-state index in [1.165, 1.54) is 12.3 Å². The summed E-state index contributed by atoms with van der Waals surface area (Å²) in [6, 6.07) is 3.20. The van der Waals surface area contributed by atoms with Crippen molar-refractivity contribution in [2.75, 3.05) is 33.2 Å². The maximum absolute atomic E-state index is 14.5. The first-order valence-corrected chi connectivity index (χ1v) is 13.6. The molecule has 0 bridgehead atoms. The van der Waals surface area contributed by atoms with Gasteiger partial charge < -0.3 is 24.4 Å². The predicted octanol–water partition coefficient (Wildman–Crippen LogP) is 4.14. The highest BCUT2D eigenvalue weighted by atomic mass is 19.1. The molecule has 3 heterocycles. The number of cyclic esters (lactones) is 1. The molecule has 2 aliphatic heterocycles. The number of amides is 1. The van der Waals surface area contributed by atoms with Gasteiger partial charge in [0.15, 0.2) is 0 Å². The number of likely N-dealkylation sites (N-methyl/N-ethyl adjacent to an activating group) is 1. The quantitative estimate of drug-likeness (QED) is 0.443. The lowest BCUT2D eigenvalue weighted by atomic mass is 9.91. The van der Waals surface area contributed by atoms with Gasteiger partial charge in [0.05, 0.1) is 29.6 Å². The topological polar surface area (TPSA) is 108 Å². The molecule has 1 amide bonds. The summed E-state index contributed by atoms with van der Waals surface area (Å²) in [6.07, 6.45) is 5.44. The number of piperazine rings is 1. The highest BCUT2D eigenvalue weighted by Crippen LogP contribution is 2.27. The van der Waals surface area contributed by atoms with Crippen LogP contribution >= 0.6 is 0 Å². The lowest BCUT2D eigenvalue weighted by molar-refractivity contribution is -0.151. The van der Waals surface area contributed by atoms with Crippen molar-refractivity contribution in [1.82, 2.24) is 20.0 Å². The van der Waals surface area contributed by atoms with Gasteiger partial charge in [-0.05, 0) is 62.1 Å². The van der Waals surface area contributed by atoms with Crippen LogP contribution in [0.15, 0.2) is 36.1 Å². The standard InChI is InChI=1S/C29H39FN4O5/c1-18-5-7-22(35)16-27(36)39-28(20(3)13-21-14-24(30)23-17-31-32-25(23)15-21)19(2)6-8-26(18)38-29(37)34-11-9-33(4)10-12-34/h6,8,13-15,17-19,22,26,28,35H,5,7,9-12,16H2,1-4H3,(H,31,32)/b8-6+,20-13+/t18-,19-,22+,26-,28-/m0/s1. The molecular weight excluding hydrogens is 503 g/mol. The van der Waals surface area contributed by atoms with Crippen molar-refractivity contribution in [3.8, 4) is 0 Å². The number of halogens is 1. The number of hydrogen-bond acceptors (Lipinski definition) is 7. The first kappa shape index (κ1) is 28.8. The minimum absolute atomic E-state index is 0.0610. The van der Waals surface area contributed by atoms with Crippen LogP contribution < -0.4 is 0 Å². The van der Waals surface area contributed by atoms with Gasteiger partial charge in [-0.1, -0.05) is 26.0 Å². The fraction of sp³-hybridized carbons (Fsp3) is 0.552. The summed E-state index contributed by atoms with van der Waals surface area (Å²) in [5.74, 6) is -1.23. The van der Waals surface area contributed by atoms with Crippen molar-refractivity contribution in [2.45, 2.75) is 58.3 Å². The van der Waals surface area contributed by atoms with Crippen LogP contribution in [0, 0.1) is 17.7 Å².